The third-order valence-corrected chi connectivity index (χ3v) is 5.06. The summed E-state index contributed by atoms with van der Waals surface area (Å²) >= 11 is 1.73. The number of thioether (sulfide) groups is 1. The number of amides is 1. The number of nitrogens with zero attached hydrogens (tertiary/aromatic N) is 1. The lowest BCUT2D eigenvalue weighted by molar-refractivity contribution is -0.142. The van der Waals surface area contributed by atoms with Gasteiger partial charge < -0.3 is 10.0 Å². The smallest absolute Gasteiger partial charge is 0.308 e. The molecule has 0 spiro atoms. The first kappa shape index (κ1) is 12.7. The molecule has 0 aromatic carbocycles. The summed E-state index contributed by atoms with van der Waals surface area (Å²) in [5.74, 6) is 0.134. The van der Waals surface area contributed by atoms with Crippen molar-refractivity contribution in [3.8, 4) is 0 Å². The first-order chi connectivity index (χ1) is 8.09. The average Bonchev–Trinajstić information content (AvgIpc) is 2.71. The lowest BCUT2D eigenvalue weighted by Crippen LogP contribution is -2.37. The van der Waals surface area contributed by atoms with Gasteiger partial charge in [0.1, 0.15) is 0 Å². The maximum absolute atomic E-state index is 12.2. The van der Waals surface area contributed by atoms with Crippen LogP contribution in [0.15, 0.2) is 0 Å². The predicted octanol–water partition coefficient (Wildman–Crippen LogP) is 1.45. The normalized spacial score (nSPS) is 33.7. The summed E-state index contributed by atoms with van der Waals surface area (Å²) in [6, 6.07) is 0. The Labute approximate surface area is 106 Å². The minimum atomic E-state index is -0.774. The van der Waals surface area contributed by atoms with Crippen LogP contribution in [0.2, 0.25) is 0 Å². The Kier molecular flexibility index (Phi) is 3.97. The van der Waals surface area contributed by atoms with Crippen molar-refractivity contribution in [3.05, 3.63) is 0 Å². The molecular formula is C12H19NO3S. The zero-order valence-corrected chi connectivity index (χ0v) is 10.9. The van der Waals surface area contributed by atoms with Gasteiger partial charge in [-0.25, -0.2) is 0 Å². The van der Waals surface area contributed by atoms with Crippen LogP contribution in [0.5, 0.6) is 0 Å². The van der Waals surface area contributed by atoms with E-state index >= 15 is 0 Å². The molecule has 2 fully saturated rings. The second-order valence-corrected chi connectivity index (χ2v) is 6.33. The summed E-state index contributed by atoms with van der Waals surface area (Å²) in [5, 5.41) is 9.12. The molecule has 1 N–H and O–H groups in total. The van der Waals surface area contributed by atoms with Crippen molar-refractivity contribution in [1.82, 2.24) is 4.90 Å². The van der Waals surface area contributed by atoms with Gasteiger partial charge in [0, 0.05) is 13.1 Å². The maximum atomic E-state index is 12.2. The van der Waals surface area contributed by atoms with Crippen LogP contribution in [0.3, 0.4) is 0 Å². The van der Waals surface area contributed by atoms with Gasteiger partial charge in [-0.2, -0.15) is 0 Å². The fourth-order valence-electron chi connectivity index (χ4n) is 2.61. The second kappa shape index (κ2) is 5.29. The van der Waals surface area contributed by atoms with Gasteiger partial charge in [0.2, 0.25) is 5.91 Å². The van der Waals surface area contributed by atoms with Crippen LogP contribution in [0.25, 0.3) is 0 Å². The zero-order valence-electron chi connectivity index (χ0n) is 10.1. The molecule has 0 saturated carbocycles. The maximum Gasteiger partial charge on any atom is 0.308 e. The van der Waals surface area contributed by atoms with Crippen molar-refractivity contribution >= 4 is 23.6 Å². The highest BCUT2D eigenvalue weighted by atomic mass is 32.2. The Bertz CT molecular complexity index is 315. The molecule has 2 aliphatic rings. The average molecular weight is 257 g/mol. The van der Waals surface area contributed by atoms with E-state index in [1.165, 1.54) is 6.42 Å². The van der Waals surface area contributed by atoms with Crippen molar-refractivity contribution in [3.63, 3.8) is 0 Å². The molecule has 2 rings (SSSR count). The molecule has 1 amide bonds. The molecule has 5 heteroatoms. The minimum Gasteiger partial charge on any atom is -0.481 e. The molecule has 96 valence electrons. The Morgan fingerprint density at radius 3 is 2.59 bits per heavy atom. The van der Waals surface area contributed by atoms with Crippen molar-refractivity contribution in [1.29, 1.82) is 0 Å². The standard InChI is InChI=1S/C12H19NO3S/c1-8-6-13(7-9(8)12(15)16)11(14)10-4-2-3-5-17-10/h8-10H,2-7H2,1H3,(H,15,16)/t8-,9-,10?/m1/s1. The number of carbonyl (C=O) groups excluding carboxylic acids is 1. The van der Waals surface area contributed by atoms with Crippen molar-refractivity contribution < 1.29 is 14.7 Å². The van der Waals surface area contributed by atoms with E-state index in [-0.39, 0.29) is 23.0 Å². The quantitative estimate of drug-likeness (QED) is 0.813. The molecule has 4 nitrogen and oxygen atoms in total. The van der Waals surface area contributed by atoms with Crippen molar-refractivity contribution in [2.45, 2.75) is 31.4 Å². The SMILES string of the molecule is C[C@@H]1CN(C(=O)C2CCCCS2)C[C@H]1C(=O)O. The summed E-state index contributed by atoms with van der Waals surface area (Å²) in [5.41, 5.74) is 0. The lowest BCUT2D eigenvalue weighted by atomic mass is 9.99. The van der Waals surface area contributed by atoms with E-state index in [0.29, 0.717) is 13.1 Å². The summed E-state index contributed by atoms with van der Waals surface area (Å²) in [6.45, 7) is 2.92. The molecular weight excluding hydrogens is 238 g/mol. The lowest BCUT2D eigenvalue weighted by Gasteiger charge is -2.25. The molecule has 0 aromatic heterocycles. The topological polar surface area (TPSA) is 57.6 Å². The van der Waals surface area contributed by atoms with Gasteiger partial charge in [-0.05, 0) is 24.5 Å². The fourth-order valence-corrected chi connectivity index (χ4v) is 3.89. The van der Waals surface area contributed by atoms with E-state index in [1.54, 1.807) is 16.7 Å². The third kappa shape index (κ3) is 2.76. The molecule has 2 heterocycles. The van der Waals surface area contributed by atoms with Crippen LogP contribution in [0.4, 0.5) is 0 Å². The minimum absolute atomic E-state index is 0.0727. The van der Waals surface area contributed by atoms with Gasteiger partial charge in [0.25, 0.3) is 0 Å². The van der Waals surface area contributed by atoms with Gasteiger partial charge in [-0.15, -0.1) is 11.8 Å². The summed E-state index contributed by atoms with van der Waals surface area (Å²) in [4.78, 5) is 25.0. The van der Waals surface area contributed by atoms with Crippen LogP contribution in [-0.2, 0) is 9.59 Å². The third-order valence-electron chi connectivity index (χ3n) is 3.70. The van der Waals surface area contributed by atoms with Crippen molar-refractivity contribution in [2.24, 2.45) is 11.8 Å². The van der Waals surface area contributed by atoms with Gasteiger partial charge in [0.15, 0.2) is 0 Å². The molecule has 17 heavy (non-hydrogen) atoms. The van der Waals surface area contributed by atoms with Gasteiger partial charge in [-0.1, -0.05) is 13.3 Å². The van der Waals surface area contributed by atoms with Crippen molar-refractivity contribution in [2.75, 3.05) is 18.8 Å². The molecule has 2 saturated heterocycles. The van der Waals surface area contributed by atoms with Gasteiger partial charge in [0.05, 0.1) is 11.2 Å². The van der Waals surface area contributed by atoms with Crippen LogP contribution >= 0.6 is 11.8 Å². The highest BCUT2D eigenvalue weighted by Gasteiger charge is 2.39. The van der Waals surface area contributed by atoms with Crippen LogP contribution < -0.4 is 0 Å². The Hall–Kier alpha value is -0.710. The number of aliphatic carboxylic acids is 1. The monoisotopic (exact) mass is 257 g/mol. The van der Waals surface area contributed by atoms with Crippen LogP contribution in [-0.4, -0.2) is 46.0 Å². The van der Waals surface area contributed by atoms with E-state index < -0.39 is 5.97 Å². The van der Waals surface area contributed by atoms with E-state index in [2.05, 4.69) is 0 Å². The largest absolute Gasteiger partial charge is 0.481 e. The first-order valence-electron chi connectivity index (χ1n) is 6.23. The number of hydrogen-bond donors (Lipinski definition) is 1. The molecule has 0 aliphatic carbocycles. The number of likely N-dealkylation sites (tertiary alicyclic amines) is 1. The van der Waals surface area contributed by atoms with E-state index in [1.807, 2.05) is 6.92 Å². The van der Waals surface area contributed by atoms with Crippen LogP contribution in [0, 0.1) is 11.8 Å². The second-order valence-electron chi connectivity index (χ2n) is 5.02. The predicted molar refractivity (Wildman–Crippen MR) is 67.0 cm³/mol. The van der Waals surface area contributed by atoms with Gasteiger partial charge >= 0.3 is 5.97 Å². The summed E-state index contributed by atoms with van der Waals surface area (Å²) < 4.78 is 0. The Morgan fingerprint density at radius 1 is 1.29 bits per heavy atom. The summed E-state index contributed by atoms with van der Waals surface area (Å²) in [7, 11) is 0. The summed E-state index contributed by atoms with van der Waals surface area (Å²) in [6.07, 6.45) is 3.27. The number of hydrogen-bond acceptors (Lipinski definition) is 3. The number of carboxylic acids is 1. The molecule has 1 unspecified atom stereocenters. The molecule has 3 atom stereocenters. The van der Waals surface area contributed by atoms with E-state index in [0.717, 1.165) is 18.6 Å². The fraction of sp³-hybridized carbons (Fsp3) is 0.833. The Morgan fingerprint density at radius 2 is 2.06 bits per heavy atom. The number of carbonyl (C=O) groups is 2. The zero-order chi connectivity index (χ0) is 12.4. The number of carboxylic acid groups (broad SMARTS) is 1. The van der Waals surface area contributed by atoms with Crippen LogP contribution in [0.1, 0.15) is 26.2 Å². The van der Waals surface area contributed by atoms with Gasteiger partial charge in [-0.3, -0.25) is 9.59 Å². The molecule has 2 aliphatic heterocycles. The molecule has 0 aromatic rings. The van der Waals surface area contributed by atoms with E-state index in [4.69, 9.17) is 5.11 Å². The Balaban J connectivity index is 1.94. The highest BCUT2D eigenvalue weighted by molar-refractivity contribution is 8.00. The molecule has 0 bridgehead atoms. The highest BCUT2D eigenvalue weighted by Crippen LogP contribution is 2.30. The number of rotatable bonds is 2. The van der Waals surface area contributed by atoms with E-state index in [9.17, 15) is 9.59 Å². The molecule has 0 radical (unpaired) electrons. The first-order valence-corrected chi connectivity index (χ1v) is 7.27.